The van der Waals surface area contributed by atoms with Crippen molar-refractivity contribution in [3.05, 3.63) is 55.9 Å². The standard InChI is InChI=1S/C17H12ClIO3S/c1-10(20)22-16-9-23-17-7-13(4-5-14(16)17)21-8-11-2-3-12(19)6-15(11)18/h2-7,9H,8H2,1H3. The molecule has 0 aliphatic rings. The van der Waals surface area contributed by atoms with Crippen LogP contribution in [0, 0.1) is 3.57 Å². The van der Waals surface area contributed by atoms with Gasteiger partial charge < -0.3 is 9.47 Å². The summed E-state index contributed by atoms with van der Waals surface area (Å²) in [6, 6.07) is 11.6. The summed E-state index contributed by atoms with van der Waals surface area (Å²) in [6.45, 7) is 1.80. The largest absolute Gasteiger partial charge is 0.489 e. The molecule has 0 saturated carbocycles. The highest BCUT2D eigenvalue weighted by atomic mass is 127. The van der Waals surface area contributed by atoms with Crippen molar-refractivity contribution >= 4 is 61.6 Å². The van der Waals surface area contributed by atoms with Crippen LogP contribution in [-0.2, 0) is 11.4 Å². The van der Waals surface area contributed by atoms with E-state index in [1.54, 1.807) is 0 Å². The van der Waals surface area contributed by atoms with Crippen LogP contribution in [-0.4, -0.2) is 5.97 Å². The Hall–Kier alpha value is -1.31. The second kappa shape index (κ2) is 7.07. The van der Waals surface area contributed by atoms with Gasteiger partial charge in [0, 0.05) is 36.5 Å². The first-order valence-corrected chi connectivity index (χ1v) is 9.13. The number of thiophene rings is 1. The van der Waals surface area contributed by atoms with Crippen LogP contribution >= 0.6 is 45.5 Å². The van der Waals surface area contributed by atoms with E-state index in [9.17, 15) is 4.79 Å². The summed E-state index contributed by atoms with van der Waals surface area (Å²) in [5.74, 6) is 1.02. The number of esters is 1. The zero-order valence-corrected chi connectivity index (χ0v) is 15.9. The van der Waals surface area contributed by atoms with Crippen LogP contribution in [0.5, 0.6) is 11.5 Å². The summed E-state index contributed by atoms with van der Waals surface area (Å²) in [7, 11) is 0. The van der Waals surface area contributed by atoms with Crippen LogP contribution in [0.15, 0.2) is 41.8 Å². The molecule has 0 spiro atoms. The fourth-order valence-corrected chi connectivity index (χ4v) is 3.91. The molecule has 1 aromatic heterocycles. The summed E-state index contributed by atoms with van der Waals surface area (Å²) >= 11 is 9.95. The van der Waals surface area contributed by atoms with E-state index in [1.165, 1.54) is 18.3 Å². The van der Waals surface area contributed by atoms with Gasteiger partial charge in [0.2, 0.25) is 0 Å². The number of carbonyl (C=O) groups excluding carboxylic acids is 1. The van der Waals surface area contributed by atoms with Crippen molar-refractivity contribution in [1.29, 1.82) is 0 Å². The molecule has 0 N–H and O–H groups in total. The van der Waals surface area contributed by atoms with Gasteiger partial charge in [0.05, 0.1) is 0 Å². The van der Waals surface area contributed by atoms with Gasteiger partial charge >= 0.3 is 5.97 Å². The number of carbonyl (C=O) groups is 1. The minimum atomic E-state index is -0.321. The smallest absolute Gasteiger partial charge is 0.308 e. The van der Waals surface area contributed by atoms with Crippen LogP contribution in [0.25, 0.3) is 10.1 Å². The number of hydrogen-bond donors (Lipinski definition) is 0. The lowest BCUT2D eigenvalue weighted by Crippen LogP contribution is -2.00. The van der Waals surface area contributed by atoms with Crippen molar-refractivity contribution in [2.75, 3.05) is 0 Å². The third-order valence-corrected chi connectivity index (χ3v) is 5.12. The third-order valence-electron chi connectivity index (χ3n) is 3.17. The van der Waals surface area contributed by atoms with E-state index in [2.05, 4.69) is 22.6 Å². The number of benzene rings is 2. The average molecular weight is 459 g/mol. The van der Waals surface area contributed by atoms with Crippen molar-refractivity contribution in [3.63, 3.8) is 0 Å². The number of hydrogen-bond acceptors (Lipinski definition) is 4. The molecule has 0 fully saturated rings. The maximum Gasteiger partial charge on any atom is 0.308 e. The molecule has 0 aliphatic heterocycles. The van der Waals surface area contributed by atoms with E-state index < -0.39 is 0 Å². The molecule has 3 nitrogen and oxygen atoms in total. The molecule has 118 valence electrons. The van der Waals surface area contributed by atoms with Crippen LogP contribution in [0.2, 0.25) is 5.02 Å². The van der Waals surface area contributed by atoms with Gasteiger partial charge in [-0.05, 0) is 52.9 Å². The monoisotopic (exact) mass is 458 g/mol. The number of rotatable bonds is 4. The van der Waals surface area contributed by atoms with Crippen molar-refractivity contribution in [2.24, 2.45) is 0 Å². The van der Waals surface area contributed by atoms with Gasteiger partial charge in [-0.2, -0.15) is 0 Å². The van der Waals surface area contributed by atoms with Gasteiger partial charge in [0.15, 0.2) is 0 Å². The molecule has 0 bridgehead atoms. The predicted octanol–water partition coefficient (Wildman–Crippen LogP) is 5.66. The quantitative estimate of drug-likeness (QED) is 0.374. The minimum Gasteiger partial charge on any atom is -0.489 e. The first-order valence-electron chi connectivity index (χ1n) is 6.79. The van der Waals surface area contributed by atoms with E-state index in [0.717, 1.165) is 25.0 Å². The zero-order valence-electron chi connectivity index (χ0n) is 12.1. The van der Waals surface area contributed by atoms with Crippen molar-refractivity contribution in [2.45, 2.75) is 13.5 Å². The molecule has 2 aromatic carbocycles. The lowest BCUT2D eigenvalue weighted by atomic mass is 10.2. The lowest BCUT2D eigenvalue weighted by Gasteiger charge is -2.08. The van der Waals surface area contributed by atoms with Gasteiger partial charge in [-0.3, -0.25) is 4.79 Å². The SMILES string of the molecule is CC(=O)Oc1csc2cc(OCc3ccc(I)cc3Cl)ccc12. The van der Waals surface area contributed by atoms with E-state index >= 15 is 0 Å². The Bertz CT molecular complexity index is 875. The summed E-state index contributed by atoms with van der Waals surface area (Å²) in [4.78, 5) is 11.1. The number of fused-ring (bicyclic) bond motifs is 1. The molecule has 0 saturated heterocycles. The Morgan fingerprint density at radius 1 is 1.26 bits per heavy atom. The highest BCUT2D eigenvalue weighted by Crippen LogP contribution is 2.35. The maximum atomic E-state index is 11.1. The van der Waals surface area contributed by atoms with E-state index in [1.807, 2.05) is 41.8 Å². The second-order valence-corrected chi connectivity index (χ2v) is 7.44. The Morgan fingerprint density at radius 3 is 2.83 bits per heavy atom. The molecule has 0 aliphatic carbocycles. The molecule has 23 heavy (non-hydrogen) atoms. The van der Waals surface area contributed by atoms with Crippen molar-refractivity contribution < 1.29 is 14.3 Å². The van der Waals surface area contributed by atoms with Gasteiger partial charge in [-0.1, -0.05) is 17.7 Å². The fraction of sp³-hybridized carbons (Fsp3) is 0.118. The van der Waals surface area contributed by atoms with Crippen LogP contribution in [0.3, 0.4) is 0 Å². The van der Waals surface area contributed by atoms with Crippen LogP contribution in [0.4, 0.5) is 0 Å². The van der Waals surface area contributed by atoms with Crippen molar-refractivity contribution in [1.82, 2.24) is 0 Å². The molecular formula is C17H12ClIO3S. The molecule has 3 aromatic rings. The predicted molar refractivity (Wildman–Crippen MR) is 102 cm³/mol. The van der Waals surface area contributed by atoms with Gasteiger partial charge in [0.25, 0.3) is 0 Å². The molecule has 0 unspecified atom stereocenters. The van der Waals surface area contributed by atoms with Gasteiger partial charge in [-0.15, -0.1) is 11.3 Å². The van der Waals surface area contributed by atoms with Crippen molar-refractivity contribution in [3.8, 4) is 11.5 Å². The molecule has 0 radical (unpaired) electrons. The summed E-state index contributed by atoms with van der Waals surface area (Å²) in [6.07, 6.45) is 0. The first-order chi connectivity index (χ1) is 11.0. The number of ether oxygens (including phenoxy) is 2. The molecule has 6 heteroatoms. The lowest BCUT2D eigenvalue weighted by molar-refractivity contribution is -0.131. The topological polar surface area (TPSA) is 35.5 Å². The Kier molecular flexibility index (Phi) is 5.08. The van der Waals surface area contributed by atoms with Crippen LogP contribution < -0.4 is 9.47 Å². The molecule has 1 heterocycles. The molecule has 0 atom stereocenters. The normalized spacial score (nSPS) is 10.7. The Balaban J connectivity index is 1.77. The summed E-state index contributed by atoms with van der Waals surface area (Å²) in [5, 5.41) is 3.43. The van der Waals surface area contributed by atoms with Gasteiger partial charge in [-0.25, -0.2) is 0 Å². The summed E-state index contributed by atoms with van der Waals surface area (Å²) in [5.41, 5.74) is 0.943. The zero-order chi connectivity index (χ0) is 16.4. The molecular weight excluding hydrogens is 447 g/mol. The minimum absolute atomic E-state index is 0.321. The first kappa shape index (κ1) is 16.5. The summed E-state index contributed by atoms with van der Waals surface area (Å²) < 4.78 is 13.1. The van der Waals surface area contributed by atoms with E-state index in [-0.39, 0.29) is 5.97 Å². The highest BCUT2D eigenvalue weighted by Gasteiger charge is 2.09. The molecule has 3 rings (SSSR count). The van der Waals surface area contributed by atoms with E-state index in [0.29, 0.717) is 17.4 Å². The maximum absolute atomic E-state index is 11.1. The Morgan fingerprint density at radius 2 is 2.09 bits per heavy atom. The molecule has 0 amide bonds. The van der Waals surface area contributed by atoms with E-state index in [4.69, 9.17) is 21.1 Å². The van der Waals surface area contributed by atoms with Gasteiger partial charge in [0.1, 0.15) is 18.1 Å². The third kappa shape index (κ3) is 3.97. The fourth-order valence-electron chi connectivity index (χ4n) is 2.11. The average Bonchev–Trinajstić information content (AvgIpc) is 2.88. The Labute approximate surface area is 156 Å². The van der Waals surface area contributed by atoms with Crippen LogP contribution in [0.1, 0.15) is 12.5 Å². The second-order valence-electron chi connectivity index (χ2n) is 4.88. The number of halogens is 2. The highest BCUT2D eigenvalue weighted by molar-refractivity contribution is 14.1.